The molecule has 0 atom stereocenters. The molecule has 0 bridgehead atoms. The van der Waals surface area contributed by atoms with Crippen molar-refractivity contribution in [1.29, 1.82) is 0 Å². The summed E-state index contributed by atoms with van der Waals surface area (Å²) >= 11 is 0. The molecule has 0 fully saturated rings. The molecule has 130 valence electrons. The smallest absolute Gasteiger partial charge is 0.247 e. The zero-order valence-corrected chi connectivity index (χ0v) is 14.7. The van der Waals surface area contributed by atoms with Crippen LogP contribution in [0.2, 0.25) is 0 Å². The third kappa shape index (κ3) is 5.19. The number of hydrogen-bond donors (Lipinski definition) is 0. The van der Waals surface area contributed by atoms with E-state index < -0.39 is 15.7 Å². The maximum Gasteiger partial charge on any atom is 0.247 e. The van der Waals surface area contributed by atoms with E-state index in [0.717, 1.165) is 19.3 Å². The first-order valence-corrected chi connectivity index (χ1v) is 9.23. The summed E-state index contributed by atoms with van der Waals surface area (Å²) in [5.41, 5.74) is -0.0510. The van der Waals surface area contributed by atoms with Crippen molar-refractivity contribution in [3.63, 3.8) is 0 Å². The van der Waals surface area contributed by atoms with Gasteiger partial charge in [-0.15, -0.1) is 0 Å². The molecule has 1 amide bonds. The van der Waals surface area contributed by atoms with Gasteiger partial charge in [-0.2, -0.15) is 0 Å². The second-order valence-corrected chi connectivity index (χ2v) is 7.08. The molecule has 0 aliphatic rings. The van der Waals surface area contributed by atoms with Crippen LogP contribution in [0.5, 0.6) is 5.75 Å². The Balaban J connectivity index is 3.01. The van der Waals surface area contributed by atoms with Crippen LogP contribution in [0.15, 0.2) is 23.1 Å². The third-order valence-electron chi connectivity index (χ3n) is 3.57. The molecule has 0 N–H and O–H groups in total. The topological polar surface area (TPSA) is 90.0 Å². The van der Waals surface area contributed by atoms with Crippen LogP contribution in [0.4, 0.5) is 0 Å². The fourth-order valence-electron chi connectivity index (χ4n) is 2.09. The van der Waals surface area contributed by atoms with E-state index in [0.29, 0.717) is 11.6 Å². The highest BCUT2D eigenvalue weighted by molar-refractivity contribution is 7.90. The van der Waals surface area contributed by atoms with E-state index in [-0.39, 0.29) is 22.8 Å². The molecule has 0 aliphatic carbocycles. The summed E-state index contributed by atoms with van der Waals surface area (Å²) in [5, 5.41) is 12.4. The van der Waals surface area contributed by atoms with Gasteiger partial charge in [-0.05, 0) is 31.3 Å². The van der Waals surface area contributed by atoms with Crippen molar-refractivity contribution in [1.82, 2.24) is 9.96 Å². The predicted octanol–water partition coefficient (Wildman–Crippen LogP) is 1.38. The number of ether oxygens (including phenoxy) is 1. The SMILES string of the molecule is CCN(CC)CCN([O-])C(=O)c1cc(S(C)(=O)=O)ccc1OC. The van der Waals surface area contributed by atoms with Crippen LogP contribution < -0.4 is 4.74 Å². The van der Waals surface area contributed by atoms with Crippen molar-refractivity contribution in [2.75, 3.05) is 39.5 Å². The van der Waals surface area contributed by atoms with Crippen LogP contribution in [-0.2, 0) is 9.84 Å². The quantitative estimate of drug-likeness (QED) is 0.663. The van der Waals surface area contributed by atoms with Crippen LogP contribution in [0, 0.1) is 5.21 Å². The average Bonchev–Trinajstić information content (AvgIpc) is 2.53. The van der Waals surface area contributed by atoms with Crippen molar-refractivity contribution in [3.8, 4) is 5.75 Å². The Kier molecular flexibility index (Phi) is 6.99. The van der Waals surface area contributed by atoms with Gasteiger partial charge in [0.2, 0.25) is 5.91 Å². The number of carbonyl (C=O) groups excluding carboxylic acids is 1. The molecule has 1 rings (SSSR count). The van der Waals surface area contributed by atoms with Gasteiger partial charge >= 0.3 is 0 Å². The molecule has 0 aromatic heterocycles. The van der Waals surface area contributed by atoms with Crippen molar-refractivity contribution in [2.24, 2.45) is 0 Å². The van der Waals surface area contributed by atoms with E-state index in [2.05, 4.69) is 0 Å². The average molecular weight is 343 g/mol. The van der Waals surface area contributed by atoms with Crippen molar-refractivity contribution < 1.29 is 17.9 Å². The normalized spacial score (nSPS) is 11.6. The van der Waals surface area contributed by atoms with E-state index in [1.54, 1.807) is 0 Å². The maximum atomic E-state index is 12.3. The zero-order valence-electron chi connectivity index (χ0n) is 13.9. The second kappa shape index (κ2) is 8.28. The van der Waals surface area contributed by atoms with Gasteiger partial charge in [0.25, 0.3) is 0 Å². The summed E-state index contributed by atoms with van der Waals surface area (Å²) in [4.78, 5) is 14.3. The number of methoxy groups -OCH3 is 1. The minimum Gasteiger partial charge on any atom is -0.756 e. The van der Waals surface area contributed by atoms with Crippen LogP contribution in [0.25, 0.3) is 0 Å². The molecule has 7 nitrogen and oxygen atoms in total. The van der Waals surface area contributed by atoms with E-state index >= 15 is 0 Å². The summed E-state index contributed by atoms with van der Waals surface area (Å²) in [6.45, 7) is 5.97. The first-order chi connectivity index (χ1) is 10.7. The van der Waals surface area contributed by atoms with Crippen LogP contribution in [0.3, 0.4) is 0 Å². The van der Waals surface area contributed by atoms with Gasteiger partial charge in [-0.1, -0.05) is 13.8 Å². The van der Waals surface area contributed by atoms with E-state index in [9.17, 15) is 18.4 Å². The number of likely N-dealkylation sites (N-methyl/N-ethyl adjacent to an activating group) is 1. The Morgan fingerprint density at radius 3 is 2.30 bits per heavy atom. The van der Waals surface area contributed by atoms with Gasteiger partial charge < -0.3 is 19.9 Å². The molecule has 0 heterocycles. The summed E-state index contributed by atoms with van der Waals surface area (Å²) in [6.07, 6.45) is 1.04. The molecule has 0 aliphatic heterocycles. The molecule has 23 heavy (non-hydrogen) atoms. The summed E-state index contributed by atoms with van der Waals surface area (Å²) < 4.78 is 28.3. The van der Waals surface area contributed by atoms with E-state index in [1.807, 2.05) is 18.7 Å². The molecule has 0 unspecified atom stereocenters. The molecular weight excluding hydrogens is 320 g/mol. The van der Waals surface area contributed by atoms with Gasteiger partial charge in [0.15, 0.2) is 9.84 Å². The molecular formula is C15H23N2O5S-. The number of nitrogens with zero attached hydrogens (tertiary/aromatic N) is 2. The number of rotatable bonds is 8. The van der Waals surface area contributed by atoms with E-state index in [4.69, 9.17) is 4.74 Å². The number of amides is 1. The first kappa shape index (κ1) is 19.4. The number of hydrogen-bond acceptors (Lipinski definition) is 6. The largest absolute Gasteiger partial charge is 0.756 e. The summed E-state index contributed by atoms with van der Waals surface area (Å²) in [5.74, 6) is -0.634. The molecule has 1 aromatic rings. The number of carbonyl (C=O) groups is 1. The van der Waals surface area contributed by atoms with Crippen molar-refractivity contribution >= 4 is 15.7 Å². The van der Waals surface area contributed by atoms with Gasteiger partial charge in [0, 0.05) is 19.3 Å². The molecule has 0 saturated carbocycles. The van der Waals surface area contributed by atoms with E-state index in [1.165, 1.54) is 25.3 Å². The van der Waals surface area contributed by atoms with Gasteiger partial charge in [0.05, 0.1) is 17.6 Å². The minimum atomic E-state index is -3.48. The summed E-state index contributed by atoms with van der Waals surface area (Å²) in [7, 11) is -2.12. The Morgan fingerprint density at radius 2 is 1.83 bits per heavy atom. The van der Waals surface area contributed by atoms with Gasteiger partial charge in [-0.3, -0.25) is 4.79 Å². The van der Waals surface area contributed by atoms with Crippen LogP contribution in [-0.4, -0.2) is 63.8 Å². The lowest BCUT2D eigenvalue weighted by Crippen LogP contribution is -2.35. The monoisotopic (exact) mass is 343 g/mol. The lowest BCUT2D eigenvalue weighted by atomic mass is 10.2. The fourth-order valence-corrected chi connectivity index (χ4v) is 2.74. The minimum absolute atomic E-state index is 0.00672. The molecule has 1 aromatic carbocycles. The Morgan fingerprint density at radius 1 is 1.22 bits per heavy atom. The fraction of sp³-hybridized carbons (Fsp3) is 0.533. The molecule has 8 heteroatoms. The number of benzene rings is 1. The lowest BCUT2D eigenvalue weighted by molar-refractivity contribution is 0.0805. The maximum absolute atomic E-state index is 12.3. The summed E-state index contributed by atoms with van der Waals surface area (Å²) in [6, 6.07) is 3.90. The Labute approximate surface area is 137 Å². The van der Waals surface area contributed by atoms with Gasteiger partial charge in [-0.25, -0.2) is 8.42 Å². The number of hydroxylamine groups is 2. The Bertz CT molecular complexity index is 641. The third-order valence-corrected chi connectivity index (χ3v) is 4.68. The van der Waals surface area contributed by atoms with Crippen LogP contribution >= 0.6 is 0 Å². The highest BCUT2D eigenvalue weighted by Crippen LogP contribution is 2.23. The predicted molar refractivity (Wildman–Crippen MR) is 88.3 cm³/mol. The molecule has 0 spiro atoms. The van der Waals surface area contributed by atoms with Crippen LogP contribution in [0.1, 0.15) is 24.2 Å². The van der Waals surface area contributed by atoms with Crippen molar-refractivity contribution in [3.05, 3.63) is 29.0 Å². The zero-order chi connectivity index (χ0) is 17.6. The van der Waals surface area contributed by atoms with Gasteiger partial charge in [0.1, 0.15) is 5.75 Å². The highest BCUT2D eigenvalue weighted by atomic mass is 32.2. The first-order valence-electron chi connectivity index (χ1n) is 7.34. The Hall–Kier alpha value is -1.64. The number of sulfone groups is 1. The highest BCUT2D eigenvalue weighted by Gasteiger charge is 2.18. The molecule has 0 saturated heterocycles. The van der Waals surface area contributed by atoms with Crippen molar-refractivity contribution in [2.45, 2.75) is 18.7 Å². The lowest BCUT2D eigenvalue weighted by Gasteiger charge is -2.31. The standard InChI is InChI=1S/C15H23N2O5S/c1-5-16(6-2)9-10-17(19)15(18)13-11-12(23(4,20)21)7-8-14(13)22-3/h7-8,11H,5-6,9-10H2,1-4H3/q-1. The second-order valence-electron chi connectivity index (χ2n) is 5.07. The molecule has 0 radical (unpaired) electrons.